The highest BCUT2D eigenvalue weighted by atomic mass is 79.9. The first-order chi connectivity index (χ1) is 9.06. The Hall–Kier alpha value is -0.970. The monoisotopic (exact) mass is 331 g/mol. The quantitative estimate of drug-likeness (QED) is 0.841. The van der Waals surface area contributed by atoms with Crippen LogP contribution in [0.25, 0.3) is 0 Å². The molecule has 2 nitrogen and oxygen atoms in total. The third-order valence-electron chi connectivity index (χ3n) is 3.44. The van der Waals surface area contributed by atoms with Crippen molar-refractivity contribution in [1.82, 2.24) is 5.32 Å². The number of benzene rings is 1. The molecule has 0 heterocycles. The van der Waals surface area contributed by atoms with Crippen molar-refractivity contribution >= 4 is 21.8 Å². The Bertz CT molecular complexity index is 467. The van der Waals surface area contributed by atoms with Crippen molar-refractivity contribution in [3.8, 4) is 0 Å². The summed E-state index contributed by atoms with van der Waals surface area (Å²) in [7, 11) is 0. The zero-order chi connectivity index (χ0) is 13.8. The second-order valence-corrected chi connectivity index (χ2v) is 6.26. The van der Waals surface area contributed by atoms with Gasteiger partial charge in [-0.1, -0.05) is 22.4 Å². The molecule has 0 aliphatic heterocycles. The molecule has 1 saturated carbocycles. The molecule has 0 spiro atoms. The molecule has 1 amide bonds. The number of nitrogens with one attached hydrogen (secondary N) is 1. The highest BCUT2D eigenvalue weighted by molar-refractivity contribution is 9.09. The van der Waals surface area contributed by atoms with Crippen LogP contribution in [0.4, 0.5) is 8.78 Å². The van der Waals surface area contributed by atoms with Crippen molar-refractivity contribution in [2.75, 3.05) is 6.54 Å². The fourth-order valence-corrected chi connectivity index (χ4v) is 3.27. The van der Waals surface area contributed by atoms with Crippen LogP contribution in [0.5, 0.6) is 0 Å². The summed E-state index contributed by atoms with van der Waals surface area (Å²) in [5, 5.41) is 2.69. The van der Waals surface area contributed by atoms with Crippen molar-refractivity contribution in [3.05, 3.63) is 35.4 Å². The van der Waals surface area contributed by atoms with Crippen molar-refractivity contribution in [2.24, 2.45) is 5.92 Å². The smallest absolute Gasteiger partial charge is 0.254 e. The van der Waals surface area contributed by atoms with Crippen molar-refractivity contribution in [1.29, 1.82) is 0 Å². The van der Waals surface area contributed by atoms with Gasteiger partial charge < -0.3 is 5.32 Å². The van der Waals surface area contributed by atoms with Crippen LogP contribution in [0, 0.1) is 17.6 Å². The summed E-state index contributed by atoms with van der Waals surface area (Å²) < 4.78 is 26.4. The van der Waals surface area contributed by atoms with Gasteiger partial charge in [0.2, 0.25) is 0 Å². The second kappa shape index (κ2) is 6.46. The summed E-state index contributed by atoms with van der Waals surface area (Å²) in [4.78, 5) is 12.3. The second-order valence-electron chi connectivity index (χ2n) is 4.96. The zero-order valence-corrected chi connectivity index (χ0v) is 12.1. The Kier molecular flexibility index (Phi) is 4.91. The molecule has 1 fully saturated rings. The van der Waals surface area contributed by atoms with Crippen LogP contribution >= 0.6 is 15.9 Å². The lowest BCUT2D eigenvalue weighted by molar-refractivity contribution is 0.0939. The van der Waals surface area contributed by atoms with E-state index < -0.39 is 17.5 Å². The number of carbonyl (C=O) groups is 1. The molecule has 0 radical (unpaired) electrons. The summed E-state index contributed by atoms with van der Waals surface area (Å²) in [6, 6.07) is 2.90. The zero-order valence-electron chi connectivity index (χ0n) is 10.5. The first kappa shape index (κ1) is 14.4. The number of alkyl halides is 1. The molecule has 2 unspecified atom stereocenters. The Balaban J connectivity index is 1.92. The van der Waals surface area contributed by atoms with Gasteiger partial charge in [-0.05, 0) is 43.4 Å². The topological polar surface area (TPSA) is 29.1 Å². The van der Waals surface area contributed by atoms with Gasteiger partial charge in [-0.3, -0.25) is 4.79 Å². The summed E-state index contributed by atoms with van der Waals surface area (Å²) in [5.41, 5.74) is -0.230. The highest BCUT2D eigenvalue weighted by Gasteiger charge is 2.21. The third-order valence-corrected chi connectivity index (χ3v) is 4.27. The van der Waals surface area contributed by atoms with Crippen LogP contribution in [0.3, 0.4) is 0 Å². The number of amides is 1. The minimum Gasteiger partial charge on any atom is -0.352 e. The number of hydrogen-bond acceptors (Lipinski definition) is 1. The molecule has 0 saturated heterocycles. The molecule has 104 valence electrons. The van der Waals surface area contributed by atoms with Gasteiger partial charge in [0.15, 0.2) is 0 Å². The van der Waals surface area contributed by atoms with E-state index in [0.717, 1.165) is 43.9 Å². The van der Waals surface area contributed by atoms with Gasteiger partial charge in [0.05, 0.1) is 5.56 Å². The van der Waals surface area contributed by atoms with E-state index >= 15 is 0 Å². The molecule has 5 heteroatoms. The molecular formula is C14H16BrF2NO. The molecule has 0 bridgehead atoms. The fourth-order valence-electron chi connectivity index (χ4n) is 2.41. The minimum atomic E-state index is -0.694. The van der Waals surface area contributed by atoms with Gasteiger partial charge in [-0.2, -0.15) is 0 Å². The maximum absolute atomic E-state index is 13.4. The van der Waals surface area contributed by atoms with E-state index in [1.165, 1.54) is 0 Å². The van der Waals surface area contributed by atoms with Crippen molar-refractivity contribution in [2.45, 2.75) is 30.5 Å². The van der Waals surface area contributed by atoms with E-state index in [2.05, 4.69) is 21.2 Å². The molecule has 1 aliphatic rings. The Morgan fingerprint density at radius 2 is 2.16 bits per heavy atom. The van der Waals surface area contributed by atoms with E-state index in [1.807, 2.05) is 0 Å². The number of carbonyl (C=O) groups excluding carboxylic acids is 1. The van der Waals surface area contributed by atoms with E-state index in [4.69, 9.17) is 0 Å². The summed E-state index contributed by atoms with van der Waals surface area (Å²) in [5.74, 6) is -1.45. The SMILES string of the molecule is O=C(NCC1CCCC(Br)C1)c1cc(F)ccc1F. The Morgan fingerprint density at radius 1 is 1.37 bits per heavy atom. The van der Waals surface area contributed by atoms with Gasteiger partial charge in [0.1, 0.15) is 11.6 Å². The maximum atomic E-state index is 13.4. The Labute approximate surface area is 119 Å². The lowest BCUT2D eigenvalue weighted by Crippen LogP contribution is -2.32. The molecule has 1 aromatic rings. The summed E-state index contributed by atoms with van der Waals surface area (Å²) in [6.45, 7) is 0.511. The largest absolute Gasteiger partial charge is 0.352 e. The lowest BCUT2D eigenvalue weighted by Gasteiger charge is -2.25. The predicted molar refractivity (Wildman–Crippen MR) is 73.4 cm³/mol. The third kappa shape index (κ3) is 4.00. The maximum Gasteiger partial charge on any atom is 0.254 e. The summed E-state index contributed by atoms with van der Waals surface area (Å²) >= 11 is 3.58. The van der Waals surface area contributed by atoms with Crippen LogP contribution in [0.2, 0.25) is 0 Å². The standard InChI is InChI=1S/C14H16BrF2NO/c15-10-3-1-2-9(6-10)8-18-14(19)12-7-11(16)4-5-13(12)17/h4-5,7,9-10H,1-3,6,8H2,(H,18,19). The molecule has 2 rings (SSSR count). The molecule has 2 atom stereocenters. The highest BCUT2D eigenvalue weighted by Crippen LogP contribution is 2.28. The van der Waals surface area contributed by atoms with E-state index in [-0.39, 0.29) is 5.56 Å². The van der Waals surface area contributed by atoms with Crippen molar-refractivity contribution < 1.29 is 13.6 Å². The van der Waals surface area contributed by atoms with Crippen LogP contribution in [0.15, 0.2) is 18.2 Å². The van der Waals surface area contributed by atoms with Gasteiger partial charge in [-0.15, -0.1) is 0 Å². The van der Waals surface area contributed by atoms with Crippen LogP contribution < -0.4 is 5.32 Å². The van der Waals surface area contributed by atoms with Gasteiger partial charge in [-0.25, -0.2) is 8.78 Å². The van der Waals surface area contributed by atoms with E-state index in [9.17, 15) is 13.6 Å². The van der Waals surface area contributed by atoms with Gasteiger partial charge in [0.25, 0.3) is 5.91 Å². The first-order valence-electron chi connectivity index (χ1n) is 6.43. The average Bonchev–Trinajstić information content (AvgIpc) is 2.39. The van der Waals surface area contributed by atoms with Crippen molar-refractivity contribution in [3.63, 3.8) is 0 Å². The number of rotatable bonds is 3. The average molecular weight is 332 g/mol. The van der Waals surface area contributed by atoms with E-state index in [0.29, 0.717) is 17.3 Å². The molecule has 1 aliphatic carbocycles. The molecule has 19 heavy (non-hydrogen) atoms. The van der Waals surface area contributed by atoms with Gasteiger partial charge in [0, 0.05) is 11.4 Å². The first-order valence-corrected chi connectivity index (χ1v) is 7.35. The molecule has 0 aromatic heterocycles. The van der Waals surface area contributed by atoms with Crippen LogP contribution in [0.1, 0.15) is 36.0 Å². The van der Waals surface area contributed by atoms with E-state index in [1.54, 1.807) is 0 Å². The van der Waals surface area contributed by atoms with Gasteiger partial charge >= 0.3 is 0 Å². The molecule has 1 N–H and O–H groups in total. The summed E-state index contributed by atoms with van der Waals surface area (Å²) in [6.07, 6.45) is 4.35. The molecular weight excluding hydrogens is 316 g/mol. The lowest BCUT2D eigenvalue weighted by atomic mass is 9.89. The minimum absolute atomic E-state index is 0.230. The predicted octanol–water partition coefficient (Wildman–Crippen LogP) is 3.65. The molecule has 1 aromatic carbocycles. The number of halogens is 3. The fraction of sp³-hybridized carbons (Fsp3) is 0.500. The Morgan fingerprint density at radius 3 is 2.89 bits per heavy atom. The van der Waals surface area contributed by atoms with Crippen LogP contribution in [-0.4, -0.2) is 17.3 Å². The van der Waals surface area contributed by atoms with Crippen LogP contribution in [-0.2, 0) is 0 Å². The number of hydrogen-bond donors (Lipinski definition) is 1. The normalized spacial score (nSPS) is 23.1.